The number of Topliss-reactive ketones (excluding diaryl/α,β-unsaturated/α-hetero) is 1. The molecule has 2 unspecified atom stereocenters. The standard InChI is InChI=1S/C6H9NO.C2H2O4/c8-6-4-7-2-1-5(6)3-7;3-1(4)2(5)6/h5H,1-4H2;(H,3,4)(H,5,6). The monoisotopic (exact) mass is 201 g/mol. The van der Waals surface area contributed by atoms with Crippen LogP contribution in [0, 0.1) is 5.92 Å². The Bertz CT molecular complexity index is 263. The van der Waals surface area contributed by atoms with Crippen molar-refractivity contribution in [2.75, 3.05) is 19.6 Å². The topological polar surface area (TPSA) is 94.9 Å². The number of rotatable bonds is 0. The van der Waals surface area contributed by atoms with E-state index < -0.39 is 11.9 Å². The molecule has 2 heterocycles. The fourth-order valence-electron chi connectivity index (χ4n) is 1.59. The average Bonchev–Trinajstić information content (AvgIpc) is 2.65. The van der Waals surface area contributed by atoms with Crippen LogP contribution in [0.5, 0.6) is 0 Å². The van der Waals surface area contributed by atoms with Crippen molar-refractivity contribution in [3.05, 3.63) is 0 Å². The quantitative estimate of drug-likeness (QED) is 0.490. The predicted molar refractivity (Wildman–Crippen MR) is 44.8 cm³/mol. The molecule has 78 valence electrons. The van der Waals surface area contributed by atoms with E-state index in [1.54, 1.807) is 0 Å². The van der Waals surface area contributed by atoms with Crippen LogP contribution in [0.25, 0.3) is 0 Å². The van der Waals surface area contributed by atoms with Gasteiger partial charge in [-0.15, -0.1) is 0 Å². The number of carbonyl (C=O) groups excluding carboxylic acids is 1. The van der Waals surface area contributed by atoms with Crippen molar-refractivity contribution in [3.63, 3.8) is 0 Å². The number of hydrogen-bond donors (Lipinski definition) is 2. The molecule has 0 aromatic heterocycles. The summed E-state index contributed by atoms with van der Waals surface area (Å²) in [5.41, 5.74) is 0. The highest BCUT2D eigenvalue weighted by Crippen LogP contribution is 2.23. The van der Waals surface area contributed by atoms with Gasteiger partial charge in [0, 0.05) is 12.5 Å². The molecule has 6 heteroatoms. The van der Waals surface area contributed by atoms with Crippen molar-refractivity contribution >= 4 is 17.7 Å². The maximum absolute atomic E-state index is 10.8. The van der Waals surface area contributed by atoms with Crippen molar-refractivity contribution in [1.82, 2.24) is 4.90 Å². The average molecular weight is 201 g/mol. The minimum Gasteiger partial charge on any atom is -0.473 e. The molecule has 0 amide bonds. The van der Waals surface area contributed by atoms with Crippen LogP contribution in [0.2, 0.25) is 0 Å². The molecule has 2 bridgehead atoms. The van der Waals surface area contributed by atoms with Gasteiger partial charge in [0.1, 0.15) is 0 Å². The normalized spacial score (nSPS) is 28.1. The molecule has 0 aromatic rings. The van der Waals surface area contributed by atoms with Crippen molar-refractivity contribution in [1.29, 1.82) is 0 Å². The summed E-state index contributed by atoms with van der Waals surface area (Å²) in [6, 6.07) is 0. The summed E-state index contributed by atoms with van der Waals surface area (Å²) >= 11 is 0. The lowest BCUT2D eigenvalue weighted by molar-refractivity contribution is -0.159. The molecular weight excluding hydrogens is 190 g/mol. The Kier molecular flexibility index (Phi) is 3.19. The van der Waals surface area contributed by atoms with E-state index >= 15 is 0 Å². The highest BCUT2D eigenvalue weighted by molar-refractivity contribution is 6.27. The van der Waals surface area contributed by atoms with Gasteiger partial charge in [-0.2, -0.15) is 0 Å². The van der Waals surface area contributed by atoms with Gasteiger partial charge in [-0.25, -0.2) is 9.59 Å². The third-order valence-corrected chi connectivity index (χ3v) is 2.29. The molecule has 2 atom stereocenters. The molecule has 0 spiro atoms. The highest BCUT2D eigenvalue weighted by Gasteiger charge is 2.35. The first kappa shape index (κ1) is 10.6. The highest BCUT2D eigenvalue weighted by atomic mass is 16.4. The fraction of sp³-hybridized carbons (Fsp3) is 0.625. The van der Waals surface area contributed by atoms with E-state index in [9.17, 15) is 4.79 Å². The molecule has 6 nitrogen and oxygen atoms in total. The minimum absolute atomic E-state index is 0.426. The van der Waals surface area contributed by atoms with Gasteiger partial charge >= 0.3 is 11.9 Å². The Morgan fingerprint density at radius 3 is 2.00 bits per heavy atom. The maximum atomic E-state index is 10.8. The van der Waals surface area contributed by atoms with E-state index in [4.69, 9.17) is 19.8 Å². The van der Waals surface area contributed by atoms with Gasteiger partial charge in [-0.05, 0) is 13.0 Å². The lowest BCUT2D eigenvalue weighted by Gasteiger charge is -2.08. The third-order valence-electron chi connectivity index (χ3n) is 2.29. The van der Waals surface area contributed by atoms with Crippen LogP contribution in [-0.2, 0) is 14.4 Å². The second kappa shape index (κ2) is 4.19. The van der Waals surface area contributed by atoms with Crippen LogP contribution in [0.1, 0.15) is 6.42 Å². The smallest absolute Gasteiger partial charge is 0.414 e. The van der Waals surface area contributed by atoms with E-state index in [0.717, 1.165) is 26.1 Å². The number of hydrogen-bond acceptors (Lipinski definition) is 4. The first-order valence-electron chi connectivity index (χ1n) is 4.22. The van der Waals surface area contributed by atoms with Crippen LogP contribution >= 0.6 is 0 Å². The van der Waals surface area contributed by atoms with Gasteiger partial charge < -0.3 is 10.2 Å². The van der Waals surface area contributed by atoms with Crippen molar-refractivity contribution < 1.29 is 24.6 Å². The summed E-state index contributed by atoms with van der Waals surface area (Å²) in [6.07, 6.45) is 1.12. The van der Waals surface area contributed by atoms with E-state index in [0.29, 0.717) is 11.7 Å². The number of carboxylic acid groups (broad SMARTS) is 2. The Hall–Kier alpha value is -1.43. The zero-order valence-electron chi connectivity index (χ0n) is 7.47. The number of ketones is 1. The number of fused-ring (bicyclic) bond motifs is 2. The van der Waals surface area contributed by atoms with Gasteiger partial charge in [0.15, 0.2) is 5.78 Å². The van der Waals surface area contributed by atoms with E-state index in [1.165, 1.54) is 0 Å². The van der Waals surface area contributed by atoms with Crippen LogP contribution in [0.15, 0.2) is 0 Å². The summed E-state index contributed by atoms with van der Waals surface area (Å²) in [6.45, 7) is 2.96. The van der Waals surface area contributed by atoms with Crippen molar-refractivity contribution in [3.8, 4) is 0 Å². The molecule has 0 aromatic carbocycles. The van der Waals surface area contributed by atoms with Crippen LogP contribution in [0.4, 0.5) is 0 Å². The van der Waals surface area contributed by atoms with Crippen LogP contribution in [-0.4, -0.2) is 52.5 Å². The van der Waals surface area contributed by atoms with Crippen molar-refractivity contribution in [2.24, 2.45) is 5.92 Å². The van der Waals surface area contributed by atoms with E-state index in [-0.39, 0.29) is 0 Å². The Labute approximate surface area is 80.1 Å². The number of aliphatic carboxylic acids is 2. The first-order valence-corrected chi connectivity index (χ1v) is 4.22. The van der Waals surface area contributed by atoms with Gasteiger partial charge in [0.25, 0.3) is 0 Å². The van der Waals surface area contributed by atoms with Gasteiger partial charge in [-0.1, -0.05) is 0 Å². The molecule has 2 rings (SSSR count). The number of carbonyl (C=O) groups is 3. The third kappa shape index (κ3) is 2.53. The number of nitrogens with zero attached hydrogens (tertiary/aromatic N) is 1. The second-order valence-corrected chi connectivity index (χ2v) is 3.30. The summed E-state index contributed by atoms with van der Waals surface area (Å²) in [7, 11) is 0. The summed E-state index contributed by atoms with van der Waals surface area (Å²) in [4.78, 5) is 31.2. The van der Waals surface area contributed by atoms with Gasteiger partial charge in [0.05, 0.1) is 6.54 Å². The molecule has 2 saturated heterocycles. The molecular formula is C8H11NO5. The molecule has 2 fully saturated rings. The molecule has 2 aliphatic rings. The summed E-state index contributed by atoms with van der Waals surface area (Å²) in [5.74, 6) is -2.75. The van der Waals surface area contributed by atoms with Gasteiger partial charge in [-0.3, -0.25) is 9.69 Å². The predicted octanol–water partition coefficient (Wildman–Crippen LogP) is -0.953. The van der Waals surface area contributed by atoms with Crippen LogP contribution < -0.4 is 0 Å². The Balaban J connectivity index is 0.000000149. The molecule has 0 saturated carbocycles. The summed E-state index contributed by atoms with van der Waals surface area (Å²) < 4.78 is 0. The largest absolute Gasteiger partial charge is 0.473 e. The van der Waals surface area contributed by atoms with E-state index in [1.807, 2.05) is 0 Å². The zero-order valence-corrected chi connectivity index (χ0v) is 7.47. The Morgan fingerprint density at radius 1 is 1.29 bits per heavy atom. The zero-order chi connectivity index (χ0) is 10.7. The maximum Gasteiger partial charge on any atom is 0.414 e. The molecule has 2 aliphatic heterocycles. The summed E-state index contributed by atoms with van der Waals surface area (Å²) in [5, 5.41) is 14.8. The van der Waals surface area contributed by atoms with E-state index in [2.05, 4.69) is 4.90 Å². The minimum atomic E-state index is -1.82. The molecule has 14 heavy (non-hydrogen) atoms. The fourth-order valence-corrected chi connectivity index (χ4v) is 1.59. The van der Waals surface area contributed by atoms with Gasteiger partial charge in [0.2, 0.25) is 0 Å². The SMILES string of the molecule is O=C(O)C(=O)O.O=C1CN2CCC1C2. The number of carboxylic acids is 2. The molecule has 2 N–H and O–H groups in total. The molecule has 0 aliphatic carbocycles. The Morgan fingerprint density at radius 2 is 1.86 bits per heavy atom. The molecule has 0 radical (unpaired) electrons. The lowest BCUT2D eigenvalue weighted by atomic mass is 10.1. The first-order chi connectivity index (χ1) is 6.50. The van der Waals surface area contributed by atoms with Crippen molar-refractivity contribution in [2.45, 2.75) is 6.42 Å². The van der Waals surface area contributed by atoms with Crippen LogP contribution in [0.3, 0.4) is 0 Å². The second-order valence-electron chi connectivity index (χ2n) is 3.30. The lowest BCUT2D eigenvalue weighted by Crippen LogP contribution is -2.22. The number of piperidine rings is 1.